The Morgan fingerprint density at radius 2 is 1.54 bits per heavy atom. The van der Waals surface area contributed by atoms with Crippen LogP contribution in [0.25, 0.3) is 10.8 Å². The number of rotatable bonds is 7. The molecule has 0 radical (unpaired) electrons. The van der Waals surface area contributed by atoms with Gasteiger partial charge in [-0.3, -0.25) is 4.79 Å². The topological polar surface area (TPSA) is 90.0 Å². The summed E-state index contributed by atoms with van der Waals surface area (Å²) in [4.78, 5) is 25.2. The molecule has 0 spiro atoms. The van der Waals surface area contributed by atoms with E-state index in [9.17, 15) is 18.0 Å². The quantitative estimate of drug-likeness (QED) is 0.321. The minimum atomic E-state index is -3.85. The summed E-state index contributed by atoms with van der Waals surface area (Å²) in [6, 6.07) is 14.7. The molecule has 0 saturated carbocycles. The smallest absolute Gasteiger partial charge is 0.338 e. The minimum Gasteiger partial charge on any atom is -0.497 e. The number of methoxy groups -OCH3 is 1. The van der Waals surface area contributed by atoms with Crippen LogP contribution in [0.15, 0.2) is 59.5 Å². The van der Waals surface area contributed by atoms with Crippen molar-refractivity contribution < 1.29 is 27.5 Å². The van der Waals surface area contributed by atoms with E-state index in [0.29, 0.717) is 24.4 Å². The average Bonchev–Trinajstić information content (AvgIpc) is 3.17. The second-order valence-electron chi connectivity index (χ2n) is 8.39. The molecule has 35 heavy (non-hydrogen) atoms. The SMILES string of the molecule is COc1ccc2cc(C(=O)COC(=O)c3ccc(Cl)c(S(=O)(=O)N4CCCCCC4)c3)ccc2c1. The molecule has 0 bridgehead atoms. The maximum atomic E-state index is 13.2. The summed E-state index contributed by atoms with van der Waals surface area (Å²) in [5.74, 6) is -0.457. The molecule has 184 valence electrons. The number of halogens is 1. The third-order valence-electron chi connectivity index (χ3n) is 6.05. The number of benzene rings is 3. The van der Waals surface area contributed by atoms with Crippen LogP contribution < -0.4 is 4.74 Å². The number of esters is 1. The van der Waals surface area contributed by atoms with E-state index in [4.69, 9.17) is 21.1 Å². The Balaban J connectivity index is 1.47. The number of hydrogen-bond donors (Lipinski definition) is 0. The van der Waals surface area contributed by atoms with Crippen LogP contribution in [0.2, 0.25) is 5.02 Å². The van der Waals surface area contributed by atoms with Gasteiger partial charge in [-0.05, 0) is 60.0 Å². The van der Waals surface area contributed by atoms with Crippen LogP contribution in [0.3, 0.4) is 0 Å². The molecule has 0 amide bonds. The molecule has 0 aliphatic carbocycles. The maximum absolute atomic E-state index is 13.2. The Kier molecular flexibility index (Phi) is 7.74. The van der Waals surface area contributed by atoms with Crippen molar-refractivity contribution in [1.29, 1.82) is 0 Å². The first kappa shape index (κ1) is 25.2. The monoisotopic (exact) mass is 515 g/mol. The van der Waals surface area contributed by atoms with Crippen LogP contribution in [0.5, 0.6) is 5.75 Å². The zero-order valence-electron chi connectivity index (χ0n) is 19.3. The lowest BCUT2D eigenvalue weighted by Crippen LogP contribution is -2.32. The molecule has 0 unspecified atom stereocenters. The Hall–Kier alpha value is -2.94. The molecule has 1 aliphatic rings. The molecule has 7 nitrogen and oxygen atoms in total. The summed E-state index contributed by atoms with van der Waals surface area (Å²) in [5, 5.41) is 1.80. The van der Waals surface area contributed by atoms with Crippen LogP contribution in [-0.2, 0) is 14.8 Å². The number of nitrogens with zero attached hydrogens (tertiary/aromatic N) is 1. The van der Waals surface area contributed by atoms with Gasteiger partial charge in [0.15, 0.2) is 12.4 Å². The fourth-order valence-corrected chi connectivity index (χ4v) is 6.09. The molecule has 1 heterocycles. The van der Waals surface area contributed by atoms with Crippen LogP contribution in [0.4, 0.5) is 0 Å². The molecular weight excluding hydrogens is 490 g/mol. The van der Waals surface area contributed by atoms with Gasteiger partial charge in [0, 0.05) is 18.7 Å². The van der Waals surface area contributed by atoms with Crippen LogP contribution in [0, 0.1) is 0 Å². The van der Waals surface area contributed by atoms with Gasteiger partial charge in [-0.25, -0.2) is 13.2 Å². The van der Waals surface area contributed by atoms with E-state index in [1.807, 2.05) is 12.1 Å². The van der Waals surface area contributed by atoms with Crippen LogP contribution in [-0.4, -0.2) is 51.3 Å². The normalized spacial score (nSPS) is 14.9. The third-order valence-corrected chi connectivity index (χ3v) is 8.43. The molecule has 0 atom stereocenters. The molecule has 1 aliphatic heterocycles. The lowest BCUT2D eigenvalue weighted by atomic mass is 10.0. The van der Waals surface area contributed by atoms with Gasteiger partial charge in [0.2, 0.25) is 10.0 Å². The highest BCUT2D eigenvalue weighted by molar-refractivity contribution is 7.89. The Morgan fingerprint density at radius 1 is 0.886 bits per heavy atom. The summed E-state index contributed by atoms with van der Waals surface area (Å²) >= 11 is 6.20. The van der Waals surface area contributed by atoms with E-state index in [0.717, 1.165) is 36.5 Å². The van der Waals surface area contributed by atoms with Gasteiger partial charge >= 0.3 is 5.97 Å². The third kappa shape index (κ3) is 5.66. The highest BCUT2D eigenvalue weighted by Crippen LogP contribution is 2.28. The summed E-state index contributed by atoms with van der Waals surface area (Å²) < 4.78 is 38.2. The van der Waals surface area contributed by atoms with Gasteiger partial charge in [0.05, 0.1) is 17.7 Å². The minimum absolute atomic E-state index is 0.0150. The van der Waals surface area contributed by atoms with Crippen molar-refractivity contribution in [2.24, 2.45) is 0 Å². The number of Topliss-reactive ketones (excluding diaryl/α,β-unsaturated/α-hetero) is 1. The second-order valence-corrected chi connectivity index (χ2v) is 10.7. The fourth-order valence-electron chi connectivity index (χ4n) is 4.07. The summed E-state index contributed by atoms with van der Waals surface area (Å²) in [6.45, 7) is 0.359. The molecule has 3 aromatic carbocycles. The van der Waals surface area contributed by atoms with E-state index in [1.54, 1.807) is 31.4 Å². The number of fused-ring (bicyclic) bond motifs is 1. The van der Waals surface area contributed by atoms with Crippen molar-refractivity contribution in [1.82, 2.24) is 4.31 Å². The Labute approximate surface area is 209 Å². The van der Waals surface area contributed by atoms with Crippen molar-refractivity contribution in [3.05, 3.63) is 70.7 Å². The number of ketones is 1. The second kappa shape index (κ2) is 10.8. The van der Waals surface area contributed by atoms with Gasteiger partial charge < -0.3 is 9.47 Å². The van der Waals surface area contributed by atoms with Gasteiger partial charge in [0.25, 0.3) is 0 Å². The number of sulfonamides is 1. The first-order valence-corrected chi connectivity index (χ1v) is 13.2. The molecular formula is C26H26ClNO6S. The zero-order valence-corrected chi connectivity index (χ0v) is 20.9. The molecule has 1 fully saturated rings. The standard InChI is InChI=1S/C26H26ClNO6S/c1-33-22-10-8-18-14-20(7-6-19(18)15-22)24(29)17-34-26(30)21-9-11-23(27)25(16-21)35(31,32)28-12-4-2-3-5-13-28/h6-11,14-16H,2-5,12-13,17H2,1H3. The Morgan fingerprint density at radius 3 is 2.26 bits per heavy atom. The number of carbonyl (C=O) groups excluding carboxylic acids is 2. The van der Waals surface area contributed by atoms with E-state index >= 15 is 0 Å². The van der Waals surface area contributed by atoms with Crippen molar-refractivity contribution in [2.45, 2.75) is 30.6 Å². The molecule has 9 heteroatoms. The first-order valence-electron chi connectivity index (χ1n) is 11.4. The van der Waals surface area contributed by atoms with Gasteiger partial charge in [-0.1, -0.05) is 42.6 Å². The molecule has 3 aromatic rings. The molecule has 1 saturated heterocycles. The van der Waals surface area contributed by atoms with E-state index in [-0.39, 0.29) is 21.3 Å². The van der Waals surface area contributed by atoms with Gasteiger partial charge in [-0.2, -0.15) is 4.31 Å². The summed E-state index contributed by atoms with van der Waals surface area (Å²) in [6.07, 6.45) is 3.52. The number of carbonyl (C=O) groups is 2. The first-order chi connectivity index (χ1) is 16.8. The summed E-state index contributed by atoms with van der Waals surface area (Å²) in [5.41, 5.74) is 0.414. The predicted octanol–water partition coefficient (Wildman–Crippen LogP) is 5.11. The van der Waals surface area contributed by atoms with Crippen molar-refractivity contribution in [2.75, 3.05) is 26.8 Å². The highest BCUT2D eigenvalue weighted by atomic mass is 35.5. The number of hydrogen-bond acceptors (Lipinski definition) is 6. The molecule has 0 N–H and O–H groups in total. The summed E-state index contributed by atoms with van der Waals surface area (Å²) in [7, 11) is -2.27. The molecule has 4 rings (SSSR count). The van der Waals surface area contributed by atoms with Crippen LogP contribution in [0.1, 0.15) is 46.4 Å². The van der Waals surface area contributed by atoms with Crippen LogP contribution >= 0.6 is 11.6 Å². The fraction of sp³-hybridized carbons (Fsp3) is 0.308. The molecule has 0 aromatic heterocycles. The van der Waals surface area contributed by atoms with Gasteiger partial charge in [0.1, 0.15) is 10.6 Å². The van der Waals surface area contributed by atoms with Crippen molar-refractivity contribution >= 4 is 44.1 Å². The van der Waals surface area contributed by atoms with E-state index in [1.165, 1.54) is 22.5 Å². The van der Waals surface area contributed by atoms with Crippen molar-refractivity contribution in [3.8, 4) is 5.75 Å². The van der Waals surface area contributed by atoms with E-state index in [2.05, 4.69) is 0 Å². The lowest BCUT2D eigenvalue weighted by Gasteiger charge is -2.21. The Bertz CT molecular complexity index is 1360. The number of ether oxygens (including phenoxy) is 2. The van der Waals surface area contributed by atoms with Crippen molar-refractivity contribution in [3.63, 3.8) is 0 Å². The average molecular weight is 516 g/mol. The predicted molar refractivity (Wildman–Crippen MR) is 134 cm³/mol. The highest BCUT2D eigenvalue weighted by Gasteiger charge is 2.28. The van der Waals surface area contributed by atoms with E-state index < -0.39 is 22.6 Å². The lowest BCUT2D eigenvalue weighted by molar-refractivity contribution is 0.0474. The maximum Gasteiger partial charge on any atom is 0.338 e. The van der Waals surface area contributed by atoms with Gasteiger partial charge in [-0.15, -0.1) is 0 Å². The zero-order chi connectivity index (χ0) is 25.0. The largest absolute Gasteiger partial charge is 0.497 e.